The zero-order chi connectivity index (χ0) is 22.9. The molecule has 0 bridgehead atoms. The lowest BCUT2D eigenvalue weighted by Gasteiger charge is -2.36. The van der Waals surface area contributed by atoms with Crippen LogP contribution in [0.15, 0.2) is 18.2 Å². The molecule has 3 amide bonds. The van der Waals surface area contributed by atoms with Crippen molar-refractivity contribution < 1.29 is 23.9 Å². The van der Waals surface area contributed by atoms with Crippen molar-refractivity contribution in [3.63, 3.8) is 0 Å². The van der Waals surface area contributed by atoms with E-state index in [-0.39, 0.29) is 30.2 Å². The minimum absolute atomic E-state index is 0.117. The Hall–Kier alpha value is -2.45. The van der Waals surface area contributed by atoms with E-state index in [4.69, 9.17) is 4.74 Å². The van der Waals surface area contributed by atoms with Gasteiger partial charge in [0.2, 0.25) is 11.8 Å². The van der Waals surface area contributed by atoms with Crippen molar-refractivity contribution in [2.45, 2.75) is 82.2 Å². The monoisotopic (exact) mass is 456 g/mol. The molecule has 8 nitrogen and oxygen atoms in total. The topological polar surface area (TPSA) is 101 Å². The van der Waals surface area contributed by atoms with Gasteiger partial charge in [0.25, 0.3) is 5.91 Å². The Labute approximate surface area is 194 Å². The minimum atomic E-state index is -0.592. The van der Waals surface area contributed by atoms with Crippen LogP contribution in [0.1, 0.15) is 67.3 Å². The van der Waals surface area contributed by atoms with E-state index in [1.807, 2.05) is 25.3 Å². The molecule has 2 aliphatic heterocycles. The molecule has 2 saturated carbocycles. The third-order valence-electron chi connectivity index (χ3n) is 7.73. The Morgan fingerprint density at radius 2 is 1.97 bits per heavy atom. The first-order valence-corrected chi connectivity index (χ1v) is 12.3. The van der Waals surface area contributed by atoms with Crippen molar-refractivity contribution in [3.8, 4) is 5.75 Å². The number of nitrogens with zero attached hydrogens (tertiary/aromatic N) is 1. The molecule has 33 heavy (non-hydrogen) atoms. The van der Waals surface area contributed by atoms with Gasteiger partial charge in [0.1, 0.15) is 25.0 Å². The van der Waals surface area contributed by atoms with Crippen LogP contribution in [-0.2, 0) is 16.1 Å². The Morgan fingerprint density at radius 3 is 2.76 bits per heavy atom. The fourth-order valence-corrected chi connectivity index (χ4v) is 5.67. The average Bonchev–Trinajstić information content (AvgIpc) is 3.09. The Kier molecular flexibility index (Phi) is 6.38. The highest BCUT2D eigenvalue weighted by Crippen LogP contribution is 2.32. The number of benzene rings is 1. The third-order valence-corrected chi connectivity index (χ3v) is 7.73. The van der Waals surface area contributed by atoms with Crippen LogP contribution < -0.4 is 15.4 Å². The smallest absolute Gasteiger partial charge is 0.255 e. The summed E-state index contributed by atoms with van der Waals surface area (Å²) in [5.74, 6) is 0.680. The molecule has 0 radical (unpaired) electrons. The van der Waals surface area contributed by atoms with Gasteiger partial charge in [-0.2, -0.15) is 0 Å². The number of carbonyl (C=O) groups is 3. The number of fused-ring (bicyclic) bond motifs is 1. The molecule has 0 spiro atoms. The van der Waals surface area contributed by atoms with Crippen LogP contribution in [0, 0.1) is 5.92 Å². The van der Waals surface area contributed by atoms with Crippen LogP contribution in [0.2, 0.25) is 0 Å². The Balaban J connectivity index is 1.21. The number of hydrogen-bond acceptors (Lipinski definition) is 5. The molecule has 1 aromatic carbocycles. The van der Waals surface area contributed by atoms with Crippen LogP contribution in [-0.4, -0.2) is 65.3 Å². The molecule has 1 aromatic rings. The second kappa shape index (κ2) is 9.43. The fraction of sp³-hybridized carbons (Fsp3) is 0.640. The molecule has 3 N–H and O–H groups in total. The van der Waals surface area contributed by atoms with Crippen molar-refractivity contribution in [2.24, 2.45) is 5.92 Å². The van der Waals surface area contributed by atoms with Crippen molar-refractivity contribution in [2.75, 3.05) is 13.7 Å². The maximum atomic E-state index is 12.9. The normalized spacial score (nSPS) is 31.7. The van der Waals surface area contributed by atoms with Gasteiger partial charge < -0.3 is 19.7 Å². The number of rotatable bonds is 7. The summed E-state index contributed by atoms with van der Waals surface area (Å²) in [5.41, 5.74) is 1.50. The van der Waals surface area contributed by atoms with E-state index in [1.54, 1.807) is 4.90 Å². The SMILES string of the molecule is C[OH+]C1CC(CN[C@H]2CCCC[C@@H]2Oc2ccc3c(c2)CN(C2CCC(=O)NC2=O)C3=O)C1. The summed E-state index contributed by atoms with van der Waals surface area (Å²) in [7, 11) is 1.91. The number of aliphatic hydroxyl groups is 2. The van der Waals surface area contributed by atoms with Gasteiger partial charge in [-0.05, 0) is 61.9 Å². The molecule has 1 saturated heterocycles. The molecule has 3 atom stereocenters. The van der Waals surface area contributed by atoms with Gasteiger partial charge in [-0.15, -0.1) is 0 Å². The molecule has 1 unspecified atom stereocenters. The molecule has 3 fully saturated rings. The maximum absolute atomic E-state index is 12.9. The molecule has 0 aromatic heterocycles. The van der Waals surface area contributed by atoms with E-state index in [0.29, 0.717) is 36.6 Å². The van der Waals surface area contributed by atoms with Gasteiger partial charge >= 0.3 is 0 Å². The highest BCUT2D eigenvalue weighted by Gasteiger charge is 2.39. The first kappa shape index (κ1) is 22.3. The maximum Gasteiger partial charge on any atom is 0.255 e. The van der Waals surface area contributed by atoms with Crippen LogP contribution in [0.4, 0.5) is 0 Å². The zero-order valence-corrected chi connectivity index (χ0v) is 19.2. The highest BCUT2D eigenvalue weighted by molar-refractivity contribution is 6.05. The van der Waals surface area contributed by atoms with Crippen LogP contribution in [0.3, 0.4) is 0 Å². The van der Waals surface area contributed by atoms with Gasteiger partial charge in [0.05, 0.1) is 0 Å². The van der Waals surface area contributed by atoms with E-state index < -0.39 is 6.04 Å². The number of nitrogens with one attached hydrogen (secondary N) is 2. The largest absolute Gasteiger partial charge is 0.489 e. The number of carbonyl (C=O) groups excluding carboxylic acids is 3. The molecule has 5 rings (SSSR count). The third kappa shape index (κ3) is 4.64. The van der Waals surface area contributed by atoms with E-state index in [1.165, 1.54) is 19.3 Å². The summed E-state index contributed by atoms with van der Waals surface area (Å²) >= 11 is 0. The summed E-state index contributed by atoms with van der Waals surface area (Å²) in [4.78, 5) is 38.2. The summed E-state index contributed by atoms with van der Waals surface area (Å²) < 4.78 is 10.8. The standard InChI is InChI=1S/C25H33N3O5/c1-32-18-10-15(11-18)13-26-20-4-2-3-5-22(20)33-17-6-7-19-16(12-17)14-28(25(19)31)21-8-9-23(29)27-24(21)30/h6-7,12,15,18,20-22,26H,2-5,8-11,13-14H2,1H3,(H,27,29,30)/p+1/t15?,18?,20-,21?,22-/m0/s1. The summed E-state index contributed by atoms with van der Waals surface area (Å²) in [6.07, 6.45) is 8.18. The van der Waals surface area contributed by atoms with Gasteiger partial charge in [0, 0.05) is 37.4 Å². The van der Waals surface area contributed by atoms with Crippen molar-refractivity contribution in [1.29, 1.82) is 0 Å². The summed E-state index contributed by atoms with van der Waals surface area (Å²) in [6.45, 7) is 1.39. The summed E-state index contributed by atoms with van der Waals surface area (Å²) in [6, 6.07) is 5.38. The molecule has 2 aliphatic carbocycles. The molecule has 8 heteroatoms. The van der Waals surface area contributed by atoms with E-state index in [2.05, 4.69) is 15.4 Å². The highest BCUT2D eigenvalue weighted by atomic mass is 16.5. The second-order valence-electron chi connectivity index (χ2n) is 9.92. The summed E-state index contributed by atoms with van der Waals surface area (Å²) in [5, 5.41) is 6.10. The van der Waals surface area contributed by atoms with Crippen molar-refractivity contribution in [1.82, 2.24) is 15.5 Å². The zero-order valence-electron chi connectivity index (χ0n) is 19.2. The minimum Gasteiger partial charge on any atom is -0.489 e. The first-order chi connectivity index (χ1) is 16.0. The quantitative estimate of drug-likeness (QED) is 0.480. The molecule has 178 valence electrons. The lowest BCUT2D eigenvalue weighted by Crippen LogP contribution is -2.52. The van der Waals surface area contributed by atoms with Gasteiger partial charge in [-0.3, -0.25) is 19.7 Å². The molecular formula is C25H34N3O5+. The van der Waals surface area contributed by atoms with E-state index >= 15 is 0 Å². The van der Waals surface area contributed by atoms with Gasteiger partial charge in [-0.1, -0.05) is 6.42 Å². The lowest BCUT2D eigenvalue weighted by atomic mass is 9.81. The van der Waals surface area contributed by atoms with Crippen LogP contribution >= 0.6 is 0 Å². The second-order valence-corrected chi connectivity index (χ2v) is 9.92. The first-order valence-electron chi connectivity index (χ1n) is 12.3. The van der Waals surface area contributed by atoms with Crippen LogP contribution in [0.5, 0.6) is 5.75 Å². The average molecular weight is 457 g/mol. The number of piperidine rings is 1. The lowest BCUT2D eigenvalue weighted by molar-refractivity contribution is -0.136. The predicted octanol–water partition coefficient (Wildman–Crippen LogP) is 1.66. The Bertz CT molecular complexity index is 929. The van der Waals surface area contributed by atoms with Gasteiger partial charge in [0.15, 0.2) is 6.10 Å². The number of ether oxygens (including phenoxy) is 2. The predicted molar refractivity (Wildman–Crippen MR) is 122 cm³/mol. The van der Waals surface area contributed by atoms with E-state index in [9.17, 15) is 14.4 Å². The molecule has 4 aliphatic rings. The van der Waals surface area contributed by atoms with Crippen LogP contribution in [0.25, 0.3) is 0 Å². The van der Waals surface area contributed by atoms with E-state index in [0.717, 1.165) is 37.1 Å². The molecule has 2 heterocycles. The fourth-order valence-electron chi connectivity index (χ4n) is 5.67. The molecular weight excluding hydrogens is 422 g/mol. The van der Waals surface area contributed by atoms with Crippen molar-refractivity contribution in [3.05, 3.63) is 29.3 Å². The van der Waals surface area contributed by atoms with Crippen molar-refractivity contribution >= 4 is 17.7 Å². The number of hydrogen-bond donors (Lipinski definition) is 2. The number of imide groups is 1. The Morgan fingerprint density at radius 1 is 1.15 bits per heavy atom. The number of amides is 3. The van der Waals surface area contributed by atoms with Gasteiger partial charge in [-0.25, -0.2) is 0 Å².